The van der Waals surface area contributed by atoms with Crippen LogP contribution in [0.2, 0.25) is 0 Å². The van der Waals surface area contributed by atoms with Gasteiger partial charge in [0, 0.05) is 18.9 Å². The lowest BCUT2D eigenvalue weighted by Gasteiger charge is -2.28. The van der Waals surface area contributed by atoms with Gasteiger partial charge in [0.25, 0.3) is 0 Å². The van der Waals surface area contributed by atoms with Crippen molar-refractivity contribution in [1.82, 2.24) is 10.3 Å². The lowest BCUT2D eigenvalue weighted by atomic mass is 9.78. The van der Waals surface area contributed by atoms with Gasteiger partial charge in [-0.1, -0.05) is 43.2 Å². The molecule has 3 nitrogen and oxygen atoms in total. The maximum atomic E-state index is 12.7. The van der Waals surface area contributed by atoms with E-state index in [0.717, 1.165) is 36.8 Å². The zero-order valence-electron chi connectivity index (χ0n) is 11.6. The Morgan fingerprint density at radius 2 is 1.90 bits per heavy atom. The zero-order valence-corrected chi connectivity index (χ0v) is 11.6. The number of benzene rings is 1. The molecular weight excluding hydrogens is 248 g/mol. The standard InChI is InChI=1S/C17H20N2O/c20-16(19-13-14-8-11-18-12-14)17(9-4-5-10-17)15-6-2-1-3-7-15/h1-3,6-8,11-12,18H,4-5,9-10,13H2,(H,19,20). The van der Waals surface area contributed by atoms with Gasteiger partial charge in [0.2, 0.25) is 5.91 Å². The van der Waals surface area contributed by atoms with Crippen LogP contribution in [0, 0.1) is 0 Å². The van der Waals surface area contributed by atoms with Crippen LogP contribution in [-0.2, 0) is 16.8 Å². The summed E-state index contributed by atoms with van der Waals surface area (Å²) in [4.78, 5) is 15.8. The average molecular weight is 268 g/mol. The molecule has 3 heteroatoms. The highest BCUT2D eigenvalue weighted by Gasteiger charge is 2.42. The predicted octanol–water partition coefficient (Wildman–Crippen LogP) is 3.14. The molecule has 3 rings (SSSR count). The molecule has 0 aliphatic heterocycles. The van der Waals surface area contributed by atoms with Gasteiger partial charge < -0.3 is 10.3 Å². The molecule has 1 aromatic heterocycles. The highest BCUT2D eigenvalue weighted by atomic mass is 16.2. The summed E-state index contributed by atoms with van der Waals surface area (Å²) < 4.78 is 0. The number of hydrogen-bond acceptors (Lipinski definition) is 1. The molecule has 1 aliphatic rings. The van der Waals surface area contributed by atoms with Gasteiger partial charge in [0.15, 0.2) is 0 Å². The summed E-state index contributed by atoms with van der Waals surface area (Å²) in [6, 6.07) is 12.2. The van der Waals surface area contributed by atoms with Crippen molar-refractivity contribution in [2.24, 2.45) is 0 Å². The number of nitrogens with one attached hydrogen (secondary N) is 2. The number of carbonyl (C=O) groups excluding carboxylic acids is 1. The first-order valence-electron chi connectivity index (χ1n) is 7.27. The topological polar surface area (TPSA) is 44.9 Å². The summed E-state index contributed by atoms with van der Waals surface area (Å²) in [7, 11) is 0. The van der Waals surface area contributed by atoms with Gasteiger partial charge in [-0.05, 0) is 30.0 Å². The third-order valence-electron chi connectivity index (χ3n) is 4.33. The number of hydrogen-bond donors (Lipinski definition) is 2. The summed E-state index contributed by atoms with van der Waals surface area (Å²) in [6.45, 7) is 0.594. The Morgan fingerprint density at radius 3 is 2.55 bits per heavy atom. The van der Waals surface area contributed by atoms with Crippen molar-refractivity contribution in [3.8, 4) is 0 Å². The molecule has 1 saturated carbocycles. The Bertz CT molecular complexity index is 554. The Morgan fingerprint density at radius 1 is 1.15 bits per heavy atom. The third-order valence-corrected chi connectivity index (χ3v) is 4.33. The van der Waals surface area contributed by atoms with Gasteiger partial charge in [0.1, 0.15) is 0 Å². The molecule has 104 valence electrons. The zero-order chi connectivity index (χ0) is 13.8. The number of aromatic amines is 1. The first-order valence-corrected chi connectivity index (χ1v) is 7.27. The minimum atomic E-state index is -0.322. The molecule has 1 fully saturated rings. The molecule has 20 heavy (non-hydrogen) atoms. The smallest absolute Gasteiger partial charge is 0.230 e. The summed E-state index contributed by atoms with van der Waals surface area (Å²) in [5, 5.41) is 3.11. The van der Waals surface area contributed by atoms with Crippen LogP contribution in [0.4, 0.5) is 0 Å². The van der Waals surface area contributed by atoms with Crippen molar-refractivity contribution >= 4 is 5.91 Å². The van der Waals surface area contributed by atoms with Crippen LogP contribution < -0.4 is 5.32 Å². The molecule has 0 atom stereocenters. The van der Waals surface area contributed by atoms with Crippen molar-refractivity contribution in [3.63, 3.8) is 0 Å². The molecule has 0 spiro atoms. The fourth-order valence-corrected chi connectivity index (χ4v) is 3.20. The fraction of sp³-hybridized carbons (Fsp3) is 0.353. The van der Waals surface area contributed by atoms with E-state index in [1.165, 1.54) is 0 Å². The molecule has 1 aliphatic carbocycles. The van der Waals surface area contributed by atoms with Gasteiger partial charge in [-0.25, -0.2) is 0 Å². The summed E-state index contributed by atoms with van der Waals surface area (Å²) in [5.41, 5.74) is 1.95. The molecule has 1 aromatic carbocycles. The number of H-pyrrole nitrogens is 1. The molecule has 0 unspecified atom stereocenters. The molecule has 0 radical (unpaired) electrons. The highest BCUT2D eigenvalue weighted by molar-refractivity contribution is 5.88. The van der Waals surface area contributed by atoms with Crippen molar-refractivity contribution < 1.29 is 4.79 Å². The second-order valence-corrected chi connectivity index (χ2v) is 5.56. The van der Waals surface area contributed by atoms with E-state index in [1.807, 2.05) is 36.7 Å². The lowest BCUT2D eigenvalue weighted by molar-refractivity contribution is -0.126. The van der Waals surface area contributed by atoms with E-state index in [1.54, 1.807) is 0 Å². The Hall–Kier alpha value is -2.03. The van der Waals surface area contributed by atoms with Crippen LogP contribution in [0.3, 0.4) is 0 Å². The van der Waals surface area contributed by atoms with Crippen LogP contribution in [0.25, 0.3) is 0 Å². The highest BCUT2D eigenvalue weighted by Crippen LogP contribution is 2.41. The first-order chi connectivity index (χ1) is 9.81. The number of rotatable bonds is 4. The monoisotopic (exact) mass is 268 g/mol. The maximum Gasteiger partial charge on any atom is 0.230 e. The van der Waals surface area contributed by atoms with E-state index in [-0.39, 0.29) is 11.3 Å². The Kier molecular flexibility index (Phi) is 3.59. The van der Waals surface area contributed by atoms with Gasteiger partial charge >= 0.3 is 0 Å². The summed E-state index contributed by atoms with van der Waals surface area (Å²) in [6.07, 6.45) is 7.97. The van der Waals surface area contributed by atoms with Gasteiger partial charge in [-0.15, -0.1) is 0 Å². The van der Waals surface area contributed by atoms with Crippen LogP contribution in [0.5, 0.6) is 0 Å². The van der Waals surface area contributed by atoms with Crippen LogP contribution in [0.15, 0.2) is 48.8 Å². The Labute approximate surface area is 119 Å². The third kappa shape index (κ3) is 2.36. The van der Waals surface area contributed by atoms with E-state index in [9.17, 15) is 4.79 Å². The average Bonchev–Trinajstić information content (AvgIpc) is 3.18. The van der Waals surface area contributed by atoms with E-state index in [0.29, 0.717) is 6.54 Å². The normalized spacial score (nSPS) is 17.0. The lowest BCUT2D eigenvalue weighted by Crippen LogP contribution is -2.42. The number of amides is 1. The maximum absolute atomic E-state index is 12.7. The van der Waals surface area contributed by atoms with E-state index in [4.69, 9.17) is 0 Å². The largest absolute Gasteiger partial charge is 0.367 e. The van der Waals surface area contributed by atoms with E-state index in [2.05, 4.69) is 22.4 Å². The second kappa shape index (κ2) is 5.53. The van der Waals surface area contributed by atoms with Crippen LogP contribution in [-0.4, -0.2) is 10.9 Å². The quantitative estimate of drug-likeness (QED) is 0.879. The minimum absolute atomic E-state index is 0.169. The van der Waals surface area contributed by atoms with E-state index < -0.39 is 0 Å². The van der Waals surface area contributed by atoms with Gasteiger partial charge in [-0.3, -0.25) is 4.79 Å². The molecule has 1 heterocycles. The molecule has 1 amide bonds. The second-order valence-electron chi connectivity index (χ2n) is 5.56. The number of carbonyl (C=O) groups is 1. The molecule has 0 bridgehead atoms. The summed E-state index contributed by atoms with van der Waals surface area (Å²) in [5.74, 6) is 0.169. The fourth-order valence-electron chi connectivity index (χ4n) is 3.20. The SMILES string of the molecule is O=C(NCc1cc[nH]c1)C1(c2ccccc2)CCCC1. The summed E-state index contributed by atoms with van der Waals surface area (Å²) >= 11 is 0. The van der Waals surface area contributed by atoms with Crippen LogP contribution >= 0.6 is 0 Å². The van der Waals surface area contributed by atoms with E-state index >= 15 is 0 Å². The van der Waals surface area contributed by atoms with Crippen LogP contribution in [0.1, 0.15) is 36.8 Å². The van der Waals surface area contributed by atoms with Gasteiger partial charge in [0.05, 0.1) is 5.41 Å². The molecule has 0 saturated heterocycles. The molecule has 2 N–H and O–H groups in total. The molecular formula is C17H20N2O. The first kappa shape index (κ1) is 13.0. The van der Waals surface area contributed by atoms with Crippen molar-refractivity contribution in [1.29, 1.82) is 0 Å². The Balaban J connectivity index is 1.78. The minimum Gasteiger partial charge on any atom is -0.367 e. The predicted molar refractivity (Wildman–Crippen MR) is 79.2 cm³/mol. The van der Waals surface area contributed by atoms with Gasteiger partial charge in [-0.2, -0.15) is 0 Å². The van der Waals surface area contributed by atoms with Crippen molar-refractivity contribution in [3.05, 3.63) is 59.9 Å². The van der Waals surface area contributed by atoms with Crippen molar-refractivity contribution in [2.75, 3.05) is 0 Å². The van der Waals surface area contributed by atoms with Crippen molar-refractivity contribution in [2.45, 2.75) is 37.6 Å². The molecule has 2 aromatic rings. The number of aromatic nitrogens is 1.